The fraction of sp³-hybridized carbons (Fsp3) is 0.130. The van der Waals surface area contributed by atoms with Gasteiger partial charge in [-0.1, -0.05) is 6.07 Å². The van der Waals surface area contributed by atoms with E-state index in [1.807, 2.05) is 12.1 Å². The molecular weight excluding hydrogens is 472 g/mol. The molecule has 0 spiro atoms. The number of hydrogen-bond donors (Lipinski definition) is 2. The average Bonchev–Trinajstić information content (AvgIpc) is 3.49. The minimum atomic E-state index is -0.736. The Labute approximate surface area is 202 Å². The number of nitrogens with zero attached hydrogens (tertiary/aromatic N) is 4. The summed E-state index contributed by atoms with van der Waals surface area (Å²) in [7, 11) is 1.20. The smallest absolute Gasteiger partial charge is 0.357 e. The van der Waals surface area contributed by atoms with Crippen molar-refractivity contribution in [3.63, 3.8) is 0 Å². The van der Waals surface area contributed by atoms with E-state index in [9.17, 15) is 14.4 Å². The van der Waals surface area contributed by atoms with Gasteiger partial charge in [-0.25, -0.2) is 24.2 Å². The molecule has 0 saturated heterocycles. The van der Waals surface area contributed by atoms with Crippen molar-refractivity contribution < 1.29 is 19.1 Å². The number of carbonyl (C=O) groups excluding carboxylic acids is 2. The molecule has 0 aliphatic carbocycles. The molecular formula is C23H18N6O5S. The fourth-order valence-electron chi connectivity index (χ4n) is 3.13. The molecule has 1 aromatic carbocycles. The summed E-state index contributed by atoms with van der Waals surface area (Å²) in [6, 6.07) is 13.6. The quantitative estimate of drug-likeness (QED) is 0.355. The number of aromatic nitrogens is 4. The molecule has 3 aromatic heterocycles. The number of hydrogen-bond acceptors (Lipinski definition) is 10. The van der Waals surface area contributed by atoms with E-state index in [-0.39, 0.29) is 30.0 Å². The molecule has 176 valence electrons. The highest BCUT2D eigenvalue weighted by atomic mass is 32.1. The maximum Gasteiger partial charge on any atom is 0.357 e. The number of methoxy groups -OCH3 is 1. The maximum atomic E-state index is 13.0. The molecule has 0 atom stereocenters. The third kappa shape index (κ3) is 5.26. The standard InChI is InChI=1S/C23H18N6O5S/c1-33-22(32)19-16(20(30)29(28-19)15-7-5-14(12-24)6-8-15)9-11-34-21(31)17-13-35-23(26-17)27-18-4-2-3-10-25-18/h2-8,10,13,28H,9,11H2,1H3,(H,25,26,27). The molecule has 12 heteroatoms. The van der Waals surface area contributed by atoms with Crippen LogP contribution in [0.4, 0.5) is 10.9 Å². The second-order valence-corrected chi connectivity index (χ2v) is 7.88. The minimum Gasteiger partial charge on any atom is -0.464 e. The van der Waals surface area contributed by atoms with Crippen LogP contribution in [0.5, 0.6) is 0 Å². The number of rotatable bonds is 8. The fourth-order valence-corrected chi connectivity index (χ4v) is 3.82. The summed E-state index contributed by atoms with van der Waals surface area (Å²) in [4.78, 5) is 45.9. The molecule has 0 radical (unpaired) electrons. The summed E-state index contributed by atoms with van der Waals surface area (Å²) in [5.74, 6) is -0.818. The summed E-state index contributed by atoms with van der Waals surface area (Å²) >= 11 is 1.22. The number of carbonyl (C=O) groups is 2. The number of H-pyrrole nitrogens is 1. The normalized spacial score (nSPS) is 10.4. The van der Waals surface area contributed by atoms with E-state index >= 15 is 0 Å². The number of pyridine rings is 1. The van der Waals surface area contributed by atoms with Crippen LogP contribution in [0.1, 0.15) is 32.1 Å². The number of nitrogens with one attached hydrogen (secondary N) is 2. The molecule has 4 aromatic rings. The van der Waals surface area contributed by atoms with Gasteiger partial charge in [0.2, 0.25) is 0 Å². The lowest BCUT2D eigenvalue weighted by Gasteiger charge is -2.03. The number of aromatic amines is 1. The molecule has 0 bridgehead atoms. The molecule has 4 rings (SSSR count). The van der Waals surface area contributed by atoms with Gasteiger partial charge < -0.3 is 14.8 Å². The van der Waals surface area contributed by atoms with Gasteiger partial charge in [-0.05, 0) is 36.4 Å². The monoisotopic (exact) mass is 490 g/mol. The van der Waals surface area contributed by atoms with Crippen LogP contribution in [-0.4, -0.2) is 45.4 Å². The summed E-state index contributed by atoms with van der Waals surface area (Å²) in [6.07, 6.45) is 1.60. The van der Waals surface area contributed by atoms with Gasteiger partial charge in [-0.15, -0.1) is 11.3 Å². The van der Waals surface area contributed by atoms with Crippen molar-refractivity contribution in [3.8, 4) is 11.8 Å². The highest BCUT2D eigenvalue weighted by Crippen LogP contribution is 2.20. The number of benzene rings is 1. The summed E-state index contributed by atoms with van der Waals surface area (Å²) in [6.45, 7) is -0.163. The minimum absolute atomic E-state index is 0.0298. The molecule has 3 heterocycles. The molecule has 0 aliphatic heterocycles. The zero-order chi connectivity index (χ0) is 24.8. The van der Waals surface area contributed by atoms with Crippen LogP contribution >= 0.6 is 11.3 Å². The zero-order valence-corrected chi connectivity index (χ0v) is 19.2. The van der Waals surface area contributed by atoms with Gasteiger partial charge in [-0.2, -0.15) is 5.26 Å². The average molecular weight is 491 g/mol. The van der Waals surface area contributed by atoms with E-state index in [2.05, 4.69) is 20.4 Å². The Bertz CT molecular complexity index is 1450. The van der Waals surface area contributed by atoms with Crippen LogP contribution in [0.2, 0.25) is 0 Å². The first-order valence-electron chi connectivity index (χ1n) is 10.2. The van der Waals surface area contributed by atoms with Crippen molar-refractivity contribution in [2.75, 3.05) is 19.0 Å². The predicted molar refractivity (Wildman–Crippen MR) is 126 cm³/mol. The van der Waals surface area contributed by atoms with E-state index in [1.54, 1.807) is 48.0 Å². The first-order valence-corrected chi connectivity index (χ1v) is 11.1. The van der Waals surface area contributed by atoms with E-state index in [1.165, 1.54) is 23.1 Å². The Balaban J connectivity index is 1.46. The first-order chi connectivity index (χ1) is 17.0. The zero-order valence-electron chi connectivity index (χ0n) is 18.3. The van der Waals surface area contributed by atoms with Gasteiger partial charge in [-0.3, -0.25) is 9.89 Å². The van der Waals surface area contributed by atoms with Gasteiger partial charge in [0.25, 0.3) is 5.56 Å². The molecule has 11 nitrogen and oxygen atoms in total. The topological polar surface area (TPSA) is 152 Å². The Morgan fingerprint density at radius 3 is 2.69 bits per heavy atom. The molecule has 0 unspecified atom stereocenters. The second-order valence-electron chi connectivity index (χ2n) is 7.02. The van der Waals surface area contributed by atoms with Gasteiger partial charge in [0, 0.05) is 18.0 Å². The van der Waals surface area contributed by atoms with Crippen molar-refractivity contribution >= 4 is 34.2 Å². The predicted octanol–water partition coefficient (Wildman–Crippen LogP) is 2.82. The van der Waals surface area contributed by atoms with Crippen LogP contribution in [0, 0.1) is 11.3 Å². The number of esters is 2. The largest absolute Gasteiger partial charge is 0.464 e. The number of nitriles is 1. The van der Waals surface area contributed by atoms with E-state index in [0.717, 1.165) is 0 Å². The molecule has 0 saturated carbocycles. The van der Waals surface area contributed by atoms with Crippen LogP contribution < -0.4 is 10.9 Å². The van der Waals surface area contributed by atoms with E-state index in [0.29, 0.717) is 22.2 Å². The van der Waals surface area contributed by atoms with Crippen molar-refractivity contribution in [3.05, 3.63) is 86.9 Å². The second kappa shape index (κ2) is 10.4. The summed E-state index contributed by atoms with van der Waals surface area (Å²) in [5.41, 5.74) is 0.512. The number of thiazole rings is 1. The molecule has 35 heavy (non-hydrogen) atoms. The Kier molecular flexibility index (Phi) is 6.99. The molecule has 0 amide bonds. The Morgan fingerprint density at radius 2 is 2.00 bits per heavy atom. The molecule has 0 aliphatic rings. The Hall–Kier alpha value is -4.76. The van der Waals surface area contributed by atoms with Gasteiger partial charge >= 0.3 is 11.9 Å². The third-order valence-electron chi connectivity index (χ3n) is 4.83. The van der Waals surface area contributed by atoms with Crippen LogP contribution in [0.25, 0.3) is 5.69 Å². The Morgan fingerprint density at radius 1 is 1.20 bits per heavy atom. The lowest BCUT2D eigenvalue weighted by Crippen LogP contribution is -2.19. The van der Waals surface area contributed by atoms with E-state index < -0.39 is 17.5 Å². The maximum absolute atomic E-state index is 13.0. The number of ether oxygens (including phenoxy) is 2. The lowest BCUT2D eigenvalue weighted by molar-refractivity contribution is 0.0503. The highest BCUT2D eigenvalue weighted by molar-refractivity contribution is 7.14. The lowest BCUT2D eigenvalue weighted by atomic mass is 10.2. The first kappa shape index (κ1) is 23.4. The third-order valence-corrected chi connectivity index (χ3v) is 5.59. The SMILES string of the molecule is COC(=O)c1[nH]n(-c2ccc(C#N)cc2)c(=O)c1CCOC(=O)c1csc(Nc2ccccn2)n1. The van der Waals surface area contributed by atoms with E-state index in [4.69, 9.17) is 14.7 Å². The van der Waals surface area contributed by atoms with Gasteiger partial charge in [0.1, 0.15) is 11.5 Å². The summed E-state index contributed by atoms with van der Waals surface area (Å²) < 4.78 is 11.2. The van der Waals surface area contributed by atoms with Gasteiger partial charge in [0.15, 0.2) is 10.8 Å². The van der Waals surface area contributed by atoms with Crippen LogP contribution in [-0.2, 0) is 15.9 Å². The summed E-state index contributed by atoms with van der Waals surface area (Å²) in [5, 5.41) is 16.7. The van der Waals surface area contributed by atoms with Crippen molar-refractivity contribution in [1.82, 2.24) is 19.7 Å². The molecule has 2 N–H and O–H groups in total. The highest BCUT2D eigenvalue weighted by Gasteiger charge is 2.22. The molecule has 0 fully saturated rings. The van der Waals surface area contributed by atoms with Crippen LogP contribution in [0.3, 0.4) is 0 Å². The van der Waals surface area contributed by atoms with Crippen molar-refractivity contribution in [2.24, 2.45) is 0 Å². The van der Waals surface area contributed by atoms with Crippen molar-refractivity contribution in [1.29, 1.82) is 5.26 Å². The number of anilines is 2. The van der Waals surface area contributed by atoms with Crippen LogP contribution in [0.15, 0.2) is 58.8 Å². The van der Waals surface area contributed by atoms with Gasteiger partial charge in [0.05, 0.1) is 36.6 Å². The van der Waals surface area contributed by atoms with Crippen molar-refractivity contribution in [2.45, 2.75) is 6.42 Å².